The highest BCUT2D eigenvalue weighted by Gasteiger charge is 2.30. The summed E-state index contributed by atoms with van der Waals surface area (Å²) in [5.41, 5.74) is 1.29. The number of ether oxygens (including phenoxy) is 1. The molecule has 0 aliphatic carbocycles. The second-order valence-electron chi connectivity index (χ2n) is 4.66. The standard InChI is InChI=1S/C13H19N3OS/c1-4-13(2)9-18-12(16-13)15-8-10-5-6-11(17-3)14-7-10/h5-7H,4,8-9H2,1-3H3,(H,15,16). The second-order valence-corrected chi connectivity index (χ2v) is 5.62. The zero-order valence-electron chi connectivity index (χ0n) is 11.1. The summed E-state index contributed by atoms with van der Waals surface area (Å²) in [6.07, 6.45) is 2.92. The van der Waals surface area contributed by atoms with Crippen LogP contribution in [0.5, 0.6) is 5.88 Å². The smallest absolute Gasteiger partial charge is 0.212 e. The molecular weight excluding hydrogens is 246 g/mol. The maximum Gasteiger partial charge on any atom is 0.212 e. The fourth-order valence-corrected chi connectivity index (χ4v) is 2.83. The van der Waals surface area contributed by atoms with E-state index in [1.807, 2.05) is 18.3 Å². The zero-order chi connectivity index (χ0) is 13.0. The number of nitrogens with one attached hydrogen (secondary N) is 1. The van der Waals surface area contributed by atoms with Gasteiger partial charge in [-0.15, -0.1) is 0 Å². The number of amidine groups is 1. The van der Waals surface area contributed by atoms with E-state index in [1.165, 1.54) is 0 Å². The predicted octanol–water partition coefficient (Wildman–Crippen LogP) is 2.45. The molecule has 1 aromatic heterocycles. The van der Waals surface area contributed by atoms with Gasteiger partial charge in [-0.25, -0.2) is 4.98 Å². The van der Waals surface area contributed by atoms with Gasteiger partial charge < -0.3 is 10.1 Å². The van der Waals surface area contributed by atoms with Crippen LogP contribution in [0.15, 0.2) is 23.3 Å². The van der Waals surface area contributed by atoms with Gasteiger partial charge in [0, 0.05) is 23.6 Å². The summed E-state index contributed by atoms with van der Waals surface area (Å²) in [5.74, 6) is 1.72. The van der Waals surface area contributed by atoms with Crippen molar-refractivity contribution in [3.05, 3.63) is 23.9 Å². The number of methoxy groups -OCH3 is 1. The van der Waals surface area contributed by atoms with E-state index in [0.717, 1.165) is 22.9 Å². The van der Waals surface area contributed by atoms with E-state index in [4.69, 9.17) is 4.74 Å². The lowest BCUT2D eigenvalue weighted by atomic mass is 10.0. The number of hydrogen-bond acceptors (Lipinski definition) is 4. The van der Waals surface area contributed by atoms with Crippen molar-refractivity contribution < 1.29 is 4.74 Å². The lowest BCUT2D eigenvalue weighted by molar-refractivity contribution is 0.397. The van der Waals surface area contributed by atoms with E-state index in [9.17, 15) is 0 Å². The molecule has 0 radical (unpaired) electrons. The number of thioether (sulfide) groups is 1. The maximum absolute atomic E-state index is 5.03. The van der Waals surface area contributed by atoms with Crippen molar-refractivity contribution in [3.63, 3.8) is 0 Å². The van der Waals surface area contributed by atoms with Crippen LogP contribution in [0.3, 0.4) is 0 Å². The normalized spacial score (nSPS) is 25.2. The van der Waals surface area contributed by atoms with Gasteiger partial charge in [0.05, 0.1) is 13.7 Å². The Hall–Kier alpha value is -1.23. The number of aromatic nitrogens is 1. The highest BCUT2D eigenvalue weighted by atomic mass is 32.2. The molecule has 0 spiro atoms. The van der Waals surface area contributed by atoms with Crippen LogP contribution in [-0.4, -0.2) is 28.6 Å². The van der Waals surface area contributed by atoms with Gasteiger partial charge in [-0.3, -0.25) is 4.99 Å². The van der Waals surface area contributed by atoms with Crippen molar-refractivity contribution in [2.24, 2.45) is 4.99 Å². The summed E-state index contributed by atoms with van der Waals surface area (Å²) >= 11 is 1.79. The summed E-state index contributed by atoms with van der Waals surface area (Å²) in [6.45, 7) is 5.09. The third-order valence-electron chi connectivity index (χ3n) is 3.13. The van der Waals surface area contributed by atoms with Gasteiger partial charge in [-0.1, -0.05) is 24.8 Å². The number of rotatable bonds is 4. The lowest BCUT2D eigenvalue weighted by Gasteiger charge is -2.20. The van der Waals surface area contributed by atoms with Crippen molar-refractivity contribution in [3.8, 4) is 5.88 Å². The fourth-order valence-electron chi connectivity index (χ4n) is 1.62. The van der Waals surface area contributed by atoms with Crippen LogP contribution in [0.1, 0.15) is 25.8 Å². The third kappa shape index (κ3) is 3.16. The molecular formula is C13H19N3OS. The zero-order valence-corrected chi connectivity index (χ0v) is 11.9. The molecule has 18 heavy (non-hydrogen) atoms. The number of aliphatic imine (C=N–C) groups is 1. The summed E-state index contributed by atoms with van der Waals surface area (Å²) in [5, 5.41) is 4.51. The van der Waals surface area contributed by atoms with E-state index >= 15 is 0 Å². The van der Waals surface area contributed by atoms with Gasteiger partial charge >= 0.3 is 0 Å². The van der Waals surface area contributed by atoms with Crippen molar-refractivity contribution in [2.45, 2.75) is 32.4 Å². The summed E-state index contributed by atoms with van der Waals surface area (Å²) in [4.78, 5) is 8.75. The minimum absolute atomic E-state index is 0.196. The Morgan fingerprint density at radius 1 is 1.56 bits per heavy atom. The van der Waals surface area contributed by atoms with Crippen LogP contribution < -0.4 is 10.1 Å². The number of nitrogens with zero attached hydrogens (tertiary/aromatic N) is 2. The first kappa shape index (κ1) is 13.2. The van der Waals surface area contributed by atoms with Gasteiger partial charge in [0.2, 0.25) is 5.88 Å². The molecule has 0 aromatic carbocycles. The molecule has 1 aliphatic heterocycles. The molecule has 5 heteroatoms. The van der Waals surface area contributed by atoms with Crippen LogP contribution in [0.4, 0.5) is 0 Å². The van der Waals surface area contributed by atoms with Gasteiger partial charge in [0.1, 0.15) is 0 Å². The first-order valence-corrected chi connectivity index (χ1v) is 7.08. The molecule has 1 unspecified atom stereocenters. The molecule has 1 fully saturated rings. The molecule has 0 saturated carbocycles. The molecule has 0 amide bonds. The Morgan fingerprint density at radius 2 is 2.39 bits per heavy atom. The van der Waals surface area contributed by atoms with Crippen LogP contribution in [0, 0.1) is 0 Å². The Labute approximate surface area is 112 Å². The largest absolute Gasteiger partial charge is 0.481 e. The average Bonchev–Trinajstić information content (AvgIpc) is 2.80. The van der Waals surface area contributed by atoms with E-state index in [-0.39, 0.29) is 5.54 Å². The van der Waals surface area contributed by atoms with E-state index < -0.39 is 0 Å². The average molecular weight is 265 g/mol. The van der Waals surface area contributed by atoms with Gasteiger partial charge in [0.25, 0.3) is 0 Å². The monoisotopic (exact) mass is 265 g/mol. The molecule has 2 heterocycles. The molecule has 0 bridgehead atoms. The maximum atomic E-state index is 5.03. The quantitative estimate of drug-likeness (QED) is 0.908. The third-order valence-corrected chi connectivity index (χ3v) is 4.41. The molecule has 1 atom stereocenters. The summed E-state index contributed by atoms with van der Waals surface area (Å²) in [7, 11) is 1.62. The molecule has 4 nitrogen and oxygen atoms in total. The first-order chi connectivity index (χ1) is 8.65. The van der Waals surface area contributed by atoms with Crippen LogP contribution in [-0.2, 0) is 6.54 Å². The van der Waals surface area contributed by atoms with Gasteiger partial charge in [0.15, 0.2) is 5.17 Å². The lowest BCUT2D eigenvalue weighted by Crippen LogP contribution is -2.39. The van der Waals surface area contributed by atoms with Crippen LogP contribution >= 0.6 is 11.8 Å². The van der Waals surface area contributed by atoms with Crippen LogP contribution in [0.2, 0.25) is 0 Å². The second kappa shape index (κ2) is 5.61. The Balaban J connectivity index is 1.94. The minimum atomic E-state index is 0.196. The molecule has 1 aromatic rings. The Bertz CT molecular complexity index is 432. The summed E-state index contributed by atoms with van der Waals surface area (Å²) < 4.78 is 5.03. The van der Waals surface area contributed by atoms with Crippen molar-refractivity contribution in [1.82, 2.24) is 10.3 Å². The SMILES string of the molecule is CCC1(C)CSC(=NCc2ccc(OC)nc2)N1. The molecule has 98 valence electrons. The predicted molar refractivity (Wildman–Crippen MR) is 76.2 cm³/mol. The number of hydrogen-bond donors (Lipinski definition) is 1. The van der Waals surface area contributed by atoms with Crippen LogP contribution in [0.25, 0.3) is 0 Å². The van der Waals surface area contributed by atoms with E-state index in [1.54, 1.807) is 18.9 Å². The molecule has 1 N–H and O–H groups in total. The van der Waals surface area contributed by atoms with Gasteiger partial charge in [-0.2, -0.15) is 0 Å². The summed E-state index contributed by atoms with van der Waals surface area (Å²) in [6, 6.07) is 3.86. The Kier molecular flexibility index (Phi) is 4.11. The number of pyridine rings is 1. The van der Waals surface area contributed by atoms with Crippen molar-refractivity contribution in [2.75, 3.05) is 12.9 Å². The molecule has 2 rings (SSSR count). The van der Waals surface area contributed by atoms with Crippen molar-refractivity contribution >= 4 is 16.9 Å². The minimum Gasteiger partial charge on any atom is -0.481 e. The van der Waals surface area contributed by atoms with Gasteiger partial charge in [-0.05, 0) is 18.9 Å². The van der Waals surface area contributed by atoms with E-state index in [0.29, 0.717) is 12.4 Å². The fraction of sp³-hybridized carbons (Fsp3) is 0.538. The van der Waals surface area contributed by atoms with E-state index in [2.05, 4.69) is 29.1 Å². The molecule has 1 aliphatic rings. The highest BCUT2D eigenvalue weighted by molar-refractivity contribution is 8.14. The first-order valence-electron chi connectivity index (χ1n) is 6.09. The topological polar surface area (TPSA) is 46.5 Å². The highest BCUT2D eigenvalue weighted by Crippen LogP contribution is 2.25. The molecule has 1 saturated heterocycles. The van der Waals surface area contributed by atoms with Crippen molar-refractivity contribution in [1.29, 1.82) is 0 Å². The Morgan fingerprint density at radius 3 is 2.94 bits per heavy atom.